The highest BCUT2D eigenvalue weighted by Gasteiger charge is 2.43. The molecule has 2 aliphatic rings. The molecule has 20 heavy (non-hydrogen) atoms. The van der Waals surface area contributed by atoms with Crippen molar-refractivity contribution < 1.29 is 0 Å². The summed E-state index contributed by atoms with van der Waals surface area (Å²) in [4.78, 5) is 2.50. The maximum Gasteiger partial charge on any atom is 0.0449 e. The number of hydrogen-bond acceptors (Lipinski definition) is 2. The average Bonchev–Trinajstić information content (AvgIpc) is 2.84. The van der Waals surface area contributed by atoms with E-state index in [4.69, 9.17) is 0 Å². The van der Waals surface area contributed by atoms with E-state index in [1.165, 1.54) is 24.2 Å². The summed E-state index contributed by atoms with van der Waals surface area (Å²) in [6.45, 7) is 3.39. The molecule has 1 spiro atoms. The predicted molar refractivity (Wildman–Crippen MR) is 83.7 cm³/mol. The van der Waals surface area contributed by atoms with Crippen LogP contribution in [-0.2, 0) is 5.41 Å². The molecule has 2 aromatic carbocycles. The van der Waals surface area contributed by atoms with Crippen molar-refractivity contribution in [1.82, 2.24) is 5.32 Å². The number of anilines is 2. The summed E-state index contributed by atoms with van der Waals surface area (Å²) in [5.41, 5.74) is 4.61. The van der Waals surface area contributed by atoms with E-state index >= 15 is 0 Å². The van der Waals surface area contributed by atoms with Gasteiger partial charge in [0, 0.05) is 23.3 Å². The largest absolute Gasteiger partial charge is 0.340 e. The van der Waals surface area contributed by atoms with Crippen LogP contribution in [0.25, 0.3) is 0 Å². The van der Waals surface area contributed by atoms with Crippen LogP contribution in [0.4, 0.5) is 11.4 Å². The summed E-state index contributed by atoms with van der Waals surface area (Å²) >= 11 is 0. The molecule has 1 N–H and O–H groups in total. The standard InChI is InChI=1S/C18H20N2/c1-2-6-15(7-3-1)20-14-18(10-12-19-13-11-18)16-8-4-5-9-17(16)20/h1-9,19H,10-14H2. The van der Waals surface area contributed by atoms with Crippen LogP contribution in [0.5, 0.6) is 0 Å². The second-order valence-electron chi connectivity index (χ2n) is 5.97. The van der Waals surface area contributed by atoms with Gasteiger partial charge in [-0.15, -0.1) is 0 Å². The summed E-state index contributed by atoms with van der Waals surface area (Å²) in [7, 11) is 0. The van der Waals surface area contributed by atoms with Crippen LogP contribution in [0.3, 0.4) is 0 Å². The quantitative estimate of drug-likeness (QED) is 0.848. The van der Waals surface area contributed by atoms with Crippen molar-refractivity contribution in [2.24, 2.45) is 0 Å². The highest BCUT2D eigenvalue weighted by molar-refractivity contribution is 5.72. The third kappa shape index (κ3) is 1.75. The average molecular weight is 264 g/mol. The molecule has 0 radical (unpaired) electrons. The van der Waals surface area contributed by atoms with Crippen molar-refractivity contribution in [2.75, 3.05) is 24.5 Å². The van der Waals surface area contributed by atoms with E-state index in [1.807, 2.05) is 0 Å². The Labute approximate surface area is 120 Å². The fourth-order valence-electron chi connectivity index (χ4n) is 3.80. The Kier molecular flexibility index (Phi) is 2.78. The Balaban J connectivity index is 1.81. The van der Waals surface area contributed by atoms with E-state index in [0.29, 0.717) is 5.41 Å². The molecule has 1 saturated heterocycles. The first kappa shape index (κ1) is 12.0. The highest BCUT2D eigenvalue weighted by Crippen LogP contribution is 2.48. The van der Waals surface area contributed by atoms with Crippen LogP contribution in [-0.4, -0.2) is 19.6 Å². The Morgan fingerprint density at radius 3 is 2.35 bits per heavy atom. The number of fused-ring (bicyclic) bond motifs is 2. The van der Waals surface area contributed by atoms with Crippen molar-refractivity contribution in [3.05, 3.63) is 60.2 Å². The van der Waals surface area contributed by atoms with Crippen LogP contribution < -0.4 is 10.2 Å². The van der Waals surface area contributed by atoms with Crippen LogP contribution >= 0.6 is 0 Å². The van der Waals surface area contributed by atoms with Gasteiger partial charge in [0.15, 0.2) is 0 Å². The van der Waals surface area contributed by atoms with Gasteiger partial charge in [0.1, 0.15) is 0 Å². The Morgan fingerprint density at radius 1 is 0.850 bits per heavy atom. The van der Waals surface area contributed by atoms with E-state index in [0.717, 1.165) is 19.6 Å². The first-order chi connectivity index (χ1) is 9.89. The molecule has 0 atom stereocenters. The fourth-order valence-corrected chi connectivity index (χ4v) is 3.80. The molecule has 2 heterocycles. The molecule has 0 unspecified atom stereocenters. The third-order valence-electron chi connectivity index (χ3n) is 4.86. The summed E-state index contributed by atoms with van der Waals surface area (Å²) < 4.78 is 0. The lowest BCUT2D eigenvalue weighted by Crippen LogP contribution is -2.42. The van der Waals surface area contributed by atoms with E-state index in [1.54, 1.807) is 5.56 Å². The number of para-hydroxylation sites is 2. The summed E-state index contributed by atoms with van der Waals surface area (Å²) in [6, 6.07) is 19.8. The molecule has 0 bridgehead atoms. The first-order valence-corrected chi connectivity index (χ1v) is 7.52. The minimum absolute atomic E-state index is 0.345. The summed E-state index contributed by atoms with van der Waals surface area (Å²) in [5, 5.41) is 3.50. The summed E-state index contributed by atoms with van der Waals surface area (Å²) in [5.74, 6) is 0. The van der Waals surface area contributed by atoms with Crippen LogP contribution in [0.2, 0.25) is 0 Å². The number of benzene rings is 2. The van der Waals surface area contributed by atoms with Gasteiger partial charge in [-0.3, -0.25) is 0 Å². The van der Waals surface area contributed by atoms with Crippen molar-refractivity contribution in [1.29, 1.82) is 0 Å². The van der Waals surface area contributed by atoms with Crippen molar-refractivity contribution in [3.8, 4) is 0 Å². The van der Waals surface area contributed by atoms with Gasteiger partial charge in [0.25, 0.3) is 0 Å². The van der Waals surface area contributed by atoms with Gasteiger partial charge in [-0.05, 0) is 49.7 Å². The van der Waals surface area contributed by atoms with Crippen LogP contribution in [0.15, 0.2) is 54.6 Å². The smallest absolute Gasteiger partial charge is 0.0449 e. The monoisotopic (exact) mass is 264 g/mol. The normalized spacial score (nSPS) is 20.1. The Bertz CT molecular complexity index is 600. The molecule has 0 saturated carbocycles. The van der Waals surface area contributed by atoms with Gasteiger partial charge in [-0.25, -0.2) is 0 Å². The van der Waals surface area contributed by atoms with E-state index in [2.05, 4.69) is 64.8 Å². The van der Waals surface area contributed by atoms with Gasteiger partial charge < -0.3 is 10.2 Å². The van der Waals surface area contributed by atoms with Crippen LogP contribution in [0, 0.1) is 0 Å². The van der Waals surface area contributed by atoms with Gasteiger partial charge in [0.2, 0.25) is 0 Å². The zero-order valence-electron chi connectivity index (χ0n) is 11.7. The minimum atomic E-state index is 0.345. The molecule has 2 aliphatic heterocycles. The van der Waals surface area contributed by atoms with E-state index < -0.39 is 0 Å². The molecule has 2 aromatic rings. The van der Waals surface area contributed by atoms with Gasteiger partial charge in [0.05, 0.1) is 0 Å². The molecule has 1 fully saturated rings. The van der Waals surface area contributed by atoms with Crippen molar-refractivity contribution in [2.45, 2.75) is 18.3 Å². The Morgan fingerprint density at radius 2 is 1.55 bits per heavy atom. The molecule has 0 aliphatic carbocycles. The second-order valence-corrected chi connectivity index (χ2v) is 5.97. The van der Waals surface area contributed by atoms with Gasteiger partial charge in [-0.2, -0.15) is 0 Å². The SMILES string of the molecule is c1ccc(N2CC3(CCNCC3)c3ccccc32)cc1. The number of nitrogens with zero attached hydrogens (tertiary/aromatic N) is 1. The lowest BCUT2D eigenvalue weighted by atomic mass is 9.75. The molecule has 0 amide bonds. The molecular weight excluding hydrogens is 244 g/mol. The number of rotatable bonds is 1. The van der Waals surface area contributed by atoms with Gasteiger partial charge >= 0.3 is 0 Å². The predicted octanol–water partition coefficient (Wildman–Crippen LogP) is 3.46. The first-order valence-electron chi connectivity index (χ1n) is 7.52. The second kappa shape index (κ2) is 4.64. The summed E-state index contributed by atoms with van der Waals surface area (Å²) in [6.07, 6.45) is 2.49. The highest BCUT2D eigenvalue weighted by atomic mass is 15.2. The molecule has 4 rings (SSSR count). The number of nitrogens with one attached hydrogen (secondary N) is 1. The molecule has 0 aromatic heterocycles. The molecular formula is C18H20N2. The zero-order chi connectivity index (χ0) is 13.4. The molecule has 2 nitrogen and oxygen atoms in total. The number of piperidine rings is 1. The Hall–Kier alpha value is -1.80. The van der Waals surface area contributed by atoms with E-state index in [-0.39, 0.29) is 0 Å². The lowest BCUT2D eigenvalue weighted by Gasteiger charge is -2.35. The maximum absolute atomic E-state index is 3.50. The maximum atomic E-state index is 3.50. The lowest BCUT2D eigenvalue weighted by molar-refractivity contribution is 0.329. The third-order valence-corrected chi connectivity index (χ3v) is 4.86. The van der Waals surface area contributed by atoms with E-state index in [9.17, 15) is 0 Å². The van der Waals surface area contributed by atoms with Crippen LogP contribution in [0.1, 0.15) is 18.4 Å². The van der Waals surface area contributed by atoms with Crippen molar-refractivity contribution >= 4 is 11.4 Å². The molecule has 2 heteroatoms. The van der Waals surface area contributed by atoms with Gasteiger partial charge in [-0.1, -0.05) is 36.4 Å². The number of hydrogen-bond donors (Lipinski definition) is 1. The fraction of sp³-hybridized carbons (Fsp3) is 0.333. The topological polar surface area (TPSA) is 15.3 Å². The molecule has 102 valence electrons. The van der Waals surface area contributed by atoms with Crippen molar-refractivity contribution in [3.63, 3.8) is 0 Å². The minimum Gasteiger partial charge on any atom is -0.340 e. The zero-order valence-corrected chi connectivity index (χ0v) is 11.7.